The number of nitrogens with one attached hydrogen (secondary N) is 1. The van der Waals surface area contributed by atoms with E-state index in [1.54, 1.807) is 66.0 Å². The molecule has 8 heteroatoms. The zero-order valence-electron chi connectivity index (χ0n) is 17.1. The summed E-state index contributed by atoms with van der Waals surface area (Å²) < 4.78 is 54.7. The van der Waals surface area contributed by atoms with E-state index < -0.39 is 25.1 Å². The molecule has 3 aromatic rings. The summed E-state index contributed by atoms with van der Waals surface area (Å²) in [7, 11) is -7.62. The quantitative estimate of drug-likeness (QED) is 0.558. The largest absolute Gasteiger partial charge is 0.240 e. The number of sulfone groups is 1. The normalized spacial score (nSPS) is 13.8. The molecule has 0 fully saturated rings. The van der Waals surface area contributed by atoms with Gasteiger partial charge in [-0.15, -0.1) is 11.3 Å². The van der Waals surface area contributed by atoms with E-state index in [4.69, 9.17) is 0 Å². The van der Waals surface area contributed by atoms with Crippen molar-refractivity contribution >= 4 is 31.2 Å². The topological polar surface area (TPSA) is 80.3 Å². The van der Waals surface area contributed by atoms with Crippen LogP contribution in [-0.4, -0.2) is 23.4 Å². The van der Waals surface area contributed by atoms with Crippen molar-refractivity contribution in [3.63, 3.8) is 0 Å². The van der Waals surface area contributed by atoms with Crippen molar-refractivity contribution in [3.8, 4) is 0 Å². The second-order valence-corrected chi connectivity index (χ2v) is 13.1. The smallest absolute Gasteiger partial charge is 0.222 e. The first-order valence-electron chi connectivity index (χ1n) is 9.44. The number of rotatable bonds is 7. The van der Waals surface area contributed by atoms with Gasteiger partial charge in [0.05, 0.1) is 4.90 Å². The van der Waals surface area contributed by atoms with Crippen LogP contribution < -0.4 is 4.72 Å². The lowest BCUT2D eigenvalue weighted by molar-refractivity contribution is 0.568. The average Bonchev–Trinajstić information content (AvgIpc) is 3.24. The Labute approximate surface area is 182 Å². The van der Waals surface area contributed by atoms with E-state index >= 15 is 0 Å². The maximum atomic E-state index is 13.2. The Morgan fingerprint density at radius 1 is 0.867 bits per heavy atom. The van der Waals surface area contributed by atoms with E-state index in [-0.39, 0.29) is 21.1 Å². The summed E-state index contributed by atoms with van der Waals surface area (Å²) in [5, 5.41) is 0.663. The van der Waals surface area contributed by atoms with Crippen LogP contribution in [0.2, 0.25) is 0 Å². The Morgan fingerprint density at radius 2 is 1.50 bits per heavy atom. The highest BCUT2D eigenvalue weighted by Gasteiger charge is 2.31. The van der Waals surface area contributed by atoms with E-state index in [0.717, 1.165) is 16.9 Å². The summed E-state index contributed by atoms with van der Waals surface area (Å²) in [6.07, 6.45) is 0. The maximum Gasteiger partial charge on any atom is 0.240 e. The molecule has 0 spiro atoms. The third kappa shape index (κ3) is 5.00. The van der Waals surface area contributed by atoms with Gasteiger partial charge >= 0.3 is 0 Å². The Hall–Kier alpha value is -2.00. The standard InChI is InChI=1S/C22H25NO4S3/c1-22(2,3)18-11-13-19(14-12-18)30(26,27)23-16-20(17-8-5-4-6-9-17)29(24,25)21-10-7-15-28-21/h4-15,20,23H,16H2,1-3H3. The lowest BCUT2D eigenvalue weighted by Crippen LogP contribution is -2.32. The molecule has 0 aliphatic carbocycles. The molecule has 1 N–H and O–H groups in total. The number of hydrogen-bond donors (Lipinski definition) is 1. The summed E-state index contributed by atoms with van der Waals surface area (Å²) in [5.74, 6) is 0. The minimum absolute atomic E-state index is 0.0943. The molecule has 1 aromatic heterocycles. The van der Waals surface area contributed by atoms with E-state index in [9.17, 15) is 16.8 Å². The summed E-state index contributed by atoms with van der Waals surface area (Å²) in [6, 6.07) is 18.5. The minimum atomic E-state index is -3.87. The molecular weight excluding hydrogens is 438 g/mol. The number of sulfonamides is 1. The molecule has 0 aliphatic heterocycles. The second-order valence-electron chi connectivity index (χ2n) is 8.00. The molecule has 0 radical (unpaired) electrons. The molecule has 0 amide bonds. The fourth-order valence-electron chi connectivity index (χ4n) is 3.04. The van der Waals surface area contributed by atoms with Gasteiger partial charge in [-0.3, -0.25) is 0 Å². The molecule has 0 aliphatic rings. The Bertz CT molecular complexity index is 1180. The Morgan fingerprint density at radius 3 is 2.03 bits per heavy atom. The molecule has 0 saturated heterocycles. The van der Waals surface area contributed by atoms with Gasteiger partial charge in [-0.1, -0.05) is 69.3 Å². The molecule has 1 heterocycles. The van der Waals surface area contributed by atoms with Gasteiger partial charge in [0.15, 0.2) is 9.84 Å². The van der Waals surface area contributed by atoms with Crippen LogP contribution in [0.25, 0.3) is 0 Å². The summed E-state index contributed by atoms with van der Waals surface area (Å²) in [5.41, 5.74) is 1.46. The third-order valence-electron chi connectivity index (χ3n) is 4.81. The van der Waals surface area contributed by atoms with Crippen molar-refractivity contribution in [1.29, 1.82) is 0 Å². The van der Waals surface area contributed by atoms with Gasteiger partial charge in [0.2, 0.25) is 10.0 Å². The first-order valence-corrected chi connectivity index (χ1v) is 13.4. The number of benzene rings is 2. The lowest BCUT2D eigenvalue weighted by atomic mass is 9.87. The van der Waals surface area contributed by atoms with Crippen molar-refractivity contribution in [2.45, 2.75) is 40.5 Å². The van der Waals surface area contributed by atoms with Gasteiger partial charge in [-0.05, 0) is 40.1 Å². The maximum absolute atomic E-state index is 13.2. The van der Waals surface area contributed by atoms with Crippen LogP contribution in [0.3, 0.4) is 0 Å². The molecule has 3 rings (SSSR count). The van der Waals surface area contributed by atoms with Crippen molar-refractivity contribution < 1.29 is 16.8 Å². The van der Waals surface area contributed by atoms with E-state index in [1.165, 1.54) is 6.07 Å². The minimum Gasteiger partial charge on any atom is -0.222 e. The van der Waals surface area contributed by atoms with Crippen LogP contribution in [0.1, 0.15) is 37.1 Å². The molecule has 0 bridgehead atoms. The van der Waals surface area contributed by atoms with Crippen LogP contribution in [0, 0.1) is 0 Å². The number of hydrogen-bond acceptors (Lipinski definition) is 5. The van der Waals surface area contributed by atoms with Crippen molar-refractivity contribution in [3.05, 3.63) is 83.2 Å². The van der Waals surface area contributed by atoms with Crippen LogP contribution in [0.5, 0.6) is 0 Å². The summed E-state index contributed by atoms with van der Waals surface area (Å²) in [6.45, 7) is 5.89. The van der Waals surface area contributed by atoms with Crippen molar-refractivity contribution in [2.75, 3.05) is 6.54 Å². The van der Waals surface area contributed by atoms with Gasteiger partial charge in [-0.25, -0.2) is 21.6 Å². The van der Waals surface area contributed by atoms with Gasteiger partial charge in [0.1, 0.15) is 9.46 Å². The molecule has 1 unspecified atom stereocenters. The van der Waals surface area contributed by atoms with Crippen molar-refractivity contribution in [1.82, 2.24) is 4.72 Å². The molecule has 160 valence electrons. The zero-order chi connectivity index (χ0) is 22.0. The van der Waals surface area contributed by atoms with E-state index in [0.29, 0.717) is 5.56 Å². The first kappa shape index (κ1) is 22.7. The summed E-state index contributed by atoms with van der Waals surface area (Å²) in [4.78, 5) is 0.107. The molecular formula is C22H25NO4S3. The van der Waals surface area contributed by atoms with Crippen LogP contribution in [0.4, 0.5) is 0 Å². The molecule has 0 saturated carbocycles. The van der Waals surface area contributed by atoms with Gasteiger partial charge in [-0.2, -0.15) is 0 Å². The highest BCUT2D eigenvalue weighted by Crippen LogP contribution is 2.31. The molecule has 1 atom stereocenters. The SMILES string of the molecule is CC(C)(C)c1ccc(S(=O)(=O)NCC(c2ccccc2)S(=O)(=O)c2cccs2)cc1. The predicted molar refractivity (Wildman–Crippen MR) is 121 cm³/mol. The fourth-order valence-corrected chi connectivity index (χ4v) is 7.06. The second kappa shape index (κ2) is 8.63. The molecule has 30 heavy (non-hydrogen) atoms. The Kier molecular flexibility index (Phi) is 6.52. The number of thiophene rings is 1. The molecule has 5 nitrogen and oxygen atoms in total. The fraction of sp³-hybridized carbons (Fsp3) is 0.273. The van der Waals surface area contributed by atoms with E-state index in [2.05, 4.69) is 25.5 Å². The third-order valence-corrected chi connectivity index (χ3v) is 9.78. The first-order chi connectivity index (χ1) is 14.0. The van der Waals surface area contributed by atoms with Crippen LogP contribution in [0.15, 0.2) is 81.2 Å². The van der Waals surface area contributed by atoms with Gasteiger partial charge in [0, 0.05) is 6.54 Å². The average molecular weight is 464 g/mol. The highest BCUT2D eigenvalue weighted by atomic mass is 32.2. The monoisotopic (exact) mass is 463 g/mol. The van der Waals surface area contributed by atoms with E-state index in [1.807, 2.05) is 0 Å². The highest BCUT2D eigenvalue weighted by molar-refractivity contribution is 7.93. The molecule has 2 aromatic carbocycles. The van der Waals surface area contributed by atoms with Crippen molar-refractivity contribution in [2.24, 2.45) is 0 Å². The lowest BCUT2D eigenvalue weighted by Gasteiger charge is -2.20. The van der Waals surface area contributed by atoms with Crippen LogP contribution >= 0.6 is 11.3 Å². The predicted octanol–water partition coefficient (Wildman–Crippen LogP) is 4.54. The Balaban J connectivity index is 1.89. The zero-order valence-corrected chi connectivity index (χ0v) is 19.5. The summed E-state index contributed by atoms with van der Waals surface area (Å²) >= 11 is 1.12. The van der Waals surface area contributed by atoms with Crippen LogP contribution in [-0.2, 0) is 25.3 Å². The van der Waals surface area contributed by atoms with Gasteiger partial charge < -0.3 is 0 Å². The van der Waals surface area contributed by atoms with Gasteiger partial charge in [0.25, 0.3) is 0 Å².